The van der Waals surface area contributed by atoms with E-state index in [0.29, 0.717) is 22.3 Å². The van der Waals surface area contributed by atoms with Gasteiger partial charge in [0.25, 0.3) is 16.7 Å². The van der Waals surface area contributed by atoms with Crippen molar-refractivity contribution in [2.75, 3.05) is 0 Å². The third-order valence-corrected chi connectivity index (χ3v) is 6.76. The molecule has 1 unspecified atom stereocenters. The molecule has 4 heterocycles. The van der Waals surface area contributed by atoms with E-state index in [1.54, 1.807) is 22.7 Å². The van der Waals surface area contributed by atoms with E-state index in [0.717, 1.165) is 20.1 Å². The molecule has 1 N–H and O–H groups in total. The molecule has 0 amide bonds. The Bertz CT molecular complexity index is 1090. The normalized spacial score (nSPS) is 12.8. The third kappa shape index (κ3) is 3.03. The number of thiophene rings is 2. The number of aromatic amines is 1. The summed E-state index contributed by atoms with van der Waals surface area (Å²) in [5.41, 5.74) is 0.900. The maximum absolute atomic E-state index is 12.4. The highest BCUT2D eigenvalue weighted by Gasteiger charge is 2.19. The highest BCUT2D eigenvalue weighted by Crippen LogP contribution is 2.35. The van der Waals surface area contributed by atoms with Crippen molar-refractivity contribution >= 4 is 44.7 Å². The van der Waals surface area contributed by atoms with Crippen molar-refractivity contribution in [3.05, 3.63) is 44.1 Å². The fraction of sp³-hybridized carbons (Fsp3) is 0.250. The molecule has 0 saturated carbocycles. The predicted molar refractivity (Wildman–Crippen MR) is 102 cm³/mol. The second kappa shape index (κ2) is 6.40. The molecule has 4 aromatic heterocycles. The van der Waals surface area contributed by atoms with E-state index >= 15 is 0 Å². The molecule has 1 atom stereocenters. The van der Waals surface area contributed by atoms with Crippen LogP contribution in [-0.4, -0.2) is 20.2 Å². The fourth-order valence-corrected chi connectivity index (χ4v) is 4.85. The van der Waals surface area contributed by atoms with Crippen LogP contribution in [-0.2, 0) is 0 Å². The summed E-state index contributed by atoms with van der Waals surface area (Å²) < 4.78 is 5.70. The first-order valence-electron chi connectivity index (χ1n) is 7.57. The molecule has 0 saturated heterocycles. The number of nitrogens with zero attached hydrogens (tertiary/aromatic N) is 3. The first-order valence-corrected chi connectivity index (χ1v) is 10.1. The number of hydrogen-bond donors (Lipinski definition) is 1. The van der Waals surface area contributed by atoms with Gasteiger partial charge in [-0.3, -0.25) is 4.79 Å². The average Bonchev–Trinajstić information content (AvgIpc) is 3.29. The quantitative estimate of drug-likeness (QED) is 0.514. The zero-order chi connectivity index (χ0) is 17.6. The van der Waals surface area contributed by atoms with Gasteiger partial charge in [0.05, 0.1) is 15.5 Å². The molecule has 0 spiro atoms. The Kier molecular flexibility index (Phi) is 4.22. The van der Waals surface area contributed by atoms with Crippen LogP contribution in [0, 0.1) is 13.8 Å². The van der Waals surface area contributed by atoms with Gasteiger partial charge < -0.3 is 9.40 Å². The molecule has 4 rings (SSSR count). The summed E-state index contributed by atoms with van der Waals surface area (Å²) in [5, 5.41) is 11.1. The van der Waals surface area contributed by atoms with Gasteiger partial charge in [-0.15, -0.1) is 32.9 Å². The highest BCUT2D eigenvalue weighted by atomic mass is 32.2. The Morgan fingerprint density at radius 1 is 1.32 bits per heavy atom. The average molecular weight is 391 g/mol. The van der Waals surface area contributed by atoms with Crippen LogP contribution in [0.25, 0.3) is 21.0 Å². The molecular weight excluding hydrogens is 376 g/mol. The van der Waals surface area contributed by atoms with Crippen molar-refractivity contribution in [3.8, 4) is 10.8 Å². The Labute approximate surface area is 155 Å². The van der Waals surface area contributed by atoms with Gasteiger partial charge >= 0.3 is 0 Å². The Morgan fingerprint density at radius 2 is 2.16 bits per heavy atom. The van der Waals surface area contributed by atoms with Gasteiger partial charge in [-0.05, 0) is 37.8 Å². The molecule has 25 heavy (non-hydrogen) atoms. The monoisotopic (exact) mass is 390 g/mol. The van der Waals surface area contributed by atoms with Crippen molar-refractivity contribution in [1.82, 2.24) is 20.2 Å². The molecule has 0 fully saturated rings. The molecule has 0 aliphatic rings. The van der Waals surface area contributed by atoms with Crippen LogP contribution in [0.1, 0.15) is 28.4 Å². The van der Waals surface area contributed by atoms with Crippen molar-refractivity contribution in [3.63, 3.8) is 0 Å². The maximum Gasteiger partial charge on any atom is 0.277 e. The van der Waals surface area contributed by atoms with Crippen LogP contribution in [0.15, 0.2) is 31.9 Å². The standard InChI is InChI=1S/C16H14N4O2S3/c1-7-8(2)24-15-11(7)13(21)17-12(18-15)9(3)25-16-20-19-14(22-16)10-5-4-6-23-10/h4-6,9H,1-3H3,(H,17,18,21). The number of thioether (sulfide) groups is 1. The summed E-state index contributed by atoms with van der Waals surface area (Å²) in [6.07, 6.45) is 0. The molecule has 0 aliphatic heterocycles. The summed E-state index contributed by atoms with van der Waals surface area (Å²) in [6.45, 7) is 5.91. The largest absolute Gasteiger partial charge is 0.410 e. The molecule has 0 aliphatic carbocycles. The summed E-state index contributed by atoms with van der Waals surface area (Å²) in [6, 6.07) is 3.87. The topological polar surface area (TPSA) is 84.7 Å². The predicted octanol–water partition coefficient (Wildman–Crippen LogP) is 4.57. The van der Waals surface area contributed by atoms with E-state index in [2.05, 4.69) is 20.2 Å². The van der Waals surface area contributed by atoms with Crippen molar-refractivity contribution in [2.45, 2.75) is 31.2 Å². The number of aromatic nitrogens is 4. The van der Waals surface area contributed by atoms with Gasteiger partial charge in [-0.2, -0.15) is 0 Å². The van der Waals surface area contributed by atoms with Crippen LogP contribution < -0.4 is 5.56 Å². The van der Waals surface area contributed by atoms with Gasteiger partial charge in [-0.25, -0.2) is 4.98 Å². The minimum absolute atomic E-state index is 0.0981. The van der Waals surface area contributed by atoms with Gasteiger partial charge in [-0.1, -0.05) is 17.8 Å². The lowest BCUT2D eigenvalue weighted by Crippen LogP contribution is -2.12. The molecule has 128 valence electrons. The first-order chi connectivity index (χ1) is 12.0. The lowest BCUT2D eigenvalue weighted by atomic mass is 10.2. The molecule has 0 bridgehead atoms. The van der Waals surface area contributed by atoms with Crippen LogP contribution in [0.4, 0.5) is 0 Å². The zero-order valence-electron chi connectivity index (χ0n) is 13.7. The van der Waals surface area contributed by atoms with Crippen molar-refractivity contribution < 1.29 is 4.42 Å². The number of hydrogen-bond acceptors (Lipinski definition) is 8. The molecular formula is C16H14N4O2S3. The number of H-pyrrole nitrogens is 1. The number of nitrogens with one attached hydrogen (secondary N) is 1. The summed E-state index contributed by atoms with van der Waals surface area (Å²) in [7, 11) is 0. The lowest BCUT2D eigenvalue weighted by Gasteiger charge is -2.07. The van der Waals surface area contributed by atoms with Crippen LogP contribution in [0.5, 0.6) is 0 Å². The SMILES string of the molecule is Cc1sc2nc(C(C)Sc3nnc(-c4cccs4)o3)[nH]c(=O)c2c1C. The summed E-state index contributed by atoms with van der Waals surface area (Å²) >= 11 is 4.47. The van der Waals surface area contributed by atoms with Gasteiger partial charge in [0.2, 0.25) is 0 Å². The zero-order valence-corrected chi connectivity index (χ0v) is 16.1. The van der Waals surface area contributed by atoms with Gasteiger partial charge in [0.1, 0.15) is 10.7 Å². The molecule has 0 aromatic carbocycles. The van der Waals surface area contributed by atoms with Crippen LogP contribution in [0.3, 0.4) is 0 Å². The molecule has 6 nitrogen and oxygen atoms in total. The minimum atomic E-state index is -0.114. The van der Waals surface area contributed by atoms with E-state index in [1.165, 1.54) is 11.8 Å². The van der Waals surface area contributed by atoms with Crippen LogP contribution >= 0.6 is 34.4 Å². The lowest BCUT2D eigenvalue weighted by molar-refractivity contribution is 0.465. The van der Waals surface area contributed by atoms with E-state index in [9.17, 15) is 4.79 Å². The summed E-state index contributed by atoms with van der Waals surface area (Å²) in [5.74, 6) is 1.12. The number of aryl methyl sites for hydroxylation is 2. The molecule has 9 heteroatoms. The fourth-order valence-electron chi connectivity index (χ4n) is 2.43. The van der Waals surface area contributed by atoms with Crippen LogP contribution in [0.2, 0.25) is 0 Å². The number of fused-ring (bicyclic) bond motifs is 1. The Morgan fingerprint density at radius 3 is 2.92 bits per heavy atom. The smallest absolute Gasteiger partial charge is 0.277 e. The summed E-state index contributed by atoms with van der Waals surface area (Å²) in [4.78, 5) is 22.7. The first kappa shape index (κ1) is 16.5. The molecule has 4 aromatic rings. The maximum atomic E-state index is 12.4. The second-order valence-corrected chi connectivity index (χ2v) is 8.97. The number of rotatable bonds is 4. The minimum Gasteiger partial charge on any atom is -0.410 e. The van der Waals surface area contributed by atoms with E-state index in [1.807, 2.05) is 38.3 Å². The van der Waals surface area contributed by atoms with Crippen molar-refractivity contribution in [1.29, 1.82) is 0 Å². The Balaban J connectivity index is 1.62. The van der Waals surface area contributed by atoms with Gasteiger partial charge in [0, 0.05) is 4.88 Å². The molecule has 0 radical (unpaired) electrons. The van der Waals surface area contributed by atoms with Gasteiger partial charge in [0.15, 0.2) is 0 Å². The highest BCUT2D eigenvalue weighted by molar-refractivity contribution is 7.99. The Hall–Kier alpha value is -1.97. The van der Waals surface area contributed by atoms with E-state index in [-0.39, 0.29) is 10.8 Å². The van der Waals surface area contributed by atoms with E-state index in [4.69, 9.17) is 4.42 Å². The van der Waals surface area contributed by atoms with E-state index < -0.39 is 0 Å². The van der Waals surface area contributed by atoms with Crippen molar-refractivity contribution in [2.24, 2.45) is 0 Å². The second-order valence-electron chi connectivity index (χ2n) is 5.53. The third-order valence-electron chi connectivity index (χ3n) is 3.86.